The van der Waals surface area contributed by atoms with Crippen LogP contribution in [0, 0.1) is 0 Å². The molecular weight excluding hydrogens is 376 g/mol. The molecule has 0 spiro atoms. The predicted octanol–water partition coefficient (Wildman–Crippen LogP) is 8.73. The lowest BCUT2D eigenvalue weighted by Crippen LogP contribution is -1.81. The van der Waals surface area contributed by atoms with Crippen LogP contribution in [-0.4, -0.2) is 0 Å². The first kappa shape index (κ1) is 15.0. The summed E-state index contributed by atoms with van der Waals surface area (Å²) in [6.45, 7) is 0. The van der Waals surface area contributed by atoms with Crippen molar-refractivity contribution >= 4 is 85.9 Å². The molecule has 7 rings (SSSR count). The Hall–Kier alpha value is -2.94. The van der Waals surface area contributed by atoms with E-state index in [2.05, 4.69) is 83.6 Å². The summed E-state index contributed by atoms with van der Waals surface area (Å²) < 4.78 is 2.82. The van der Waals surface area contributed by atoms with E-state index in [0.717, 1.165) is 0 Å². The quantitative estimate of drug-likeness (QED) is 0.227. The fraction of sp³-hybridized carbons (Fsp3) is 0. The third-order valence-corrected chi connectivity index (χ3v) is 7.80. The highest BCUT2D eigenvalue weighted by atomic mass is 32.1. The van der Waals surface area contributed by atoms with E-state index >= 15 is 0 Å². The molecule has 5 aromatic carbocycles. The Morgan fingerprint density at radius 2 is 0.893 bits per heavy atom. The zero-order chi connectivity index (χ0) is 18.2. The zero-order valence-electron chi connectivity index (χ0n) is 14.9. The lowest BCUT2D eigenvalue weighted by atomic mass is 9.96. The van der Waals surface area contributed by atoms with Crippen LogP contribution in [0.3, 0.4) is 0 Å². The largest absolute Gasteiger partial charge is 0.143 e. The van der Waals surface area contributed by atoms with Crippen molar-refractivity contribution in [2.45, 2.75) is 0 Å². The van der Waals surface area contributed by atoms with Crippen LogP contribution in [-0.2, 0) is 0 Å². The number of hydrogen-bond acceptors (Lipinski definition) is 2. The summed E-state index contributed by atoms with van der Waals surface area (Å²) in [6.07, 6.45) is 0. The van der Waals surface area contributed by atoms with E-state index in [0.29, 0.717) is 0 Å². The molecule has 130 valence electrons. The molecule has 2 aromatic heterocycles. The van der Waals surface area contributed by atoms with Crippen molar-refractivity contribution in [1.82, 2.24) is 0 Å². The normalized spacial score (nSPS) is 12.3. The van der Waals surface area contributed by atoms with Crippen LogP contribution >= 0.6 is 22.7 Å². The van der Waals surface area contributed by atoms with Gasteiger partial charge in [0.15, 0.2) is 0 Å². The summed E-state index contributed by atoms with van der Waals surface area (Å²) in [6, 6.07) is 27.3. The predicted molar refractivity (Wildman–Crippen MR) is 127 cm³/mol. The van der Waals surface area contributed by atoms with Crippen LogP contribution in [0.2, 0.25) is 0 Å². The molecule has 2 heterocycles. The molecule has 0 saturated carbocycles. The Labute approximate surface area is 169 Å². The molecule has 0 aliphatic carbocycles. The molecule has 7 aromatic rings. The van der Waals surface area contributed by atoms with Crippen molar-refractivity contribution in [3.63, 3.8) is 0 Å². The molecule has 0 aliphatic heterocycles. The summed E-state index contributed by atoms with van der Waals surface area (Å²) in [5, 5.41) is 17.8. The molecule has 0 aliphatic rings. The fourth-order valence-electron chi connectivity index (χ4n) is 4.58. The van der Waals surface area contributed by atoms with Gasteiger partial charge in [-0.2, -0.15) is 0 Å². The van der Waals surface area contributed by atoms with Gasteiger partial charge in [0, 0.05) is 25.6 Å². The van der Waals surface area contributed by atoms with Crippen LogP contribution in [0.5, 0.6) is 0 Å². The first-order chi connectivity index (χ1) is 13.8. The Morgan fingerprint density at radius 3 is 1.57 bits per heavy atom. The van der Waals surface area contributed by atoms with Gasteiger partial charge in [-0.1, -0.05) is 24.3 Å². The van der Waals surface area contributed by atoms with Gasteiger partial charge in [-0.25, -0.2) is 0 Å². The molecule has 0 amide bonds. The maximum atomic E-state index is 2.40. The minimum atomic E-state index is 1.30. The van der Waals surface area contributed by atoms with E-state index in [1.165, 1.54) is 63.3 Å². The number of thiophene rings is 2. The van der Waals surface area contributed by atoms with Crippen molar-refractivity contribution < 1.29 is 0 Å². The second-order valence-corrected chi connectivity index (χ2v) is 9.30. The molecule has 0 radical (unpaired) electrons. The average molecular weight is 391 g/mol. The van der Waals surface area contributed by atoms with Gasteiger partial charge in [0.1, 0.15) is 0 Å². The van der Waals surface area contributed by atoms with Gasteiger partial charge in [-0.15, -0.1) is 22.7 Å². The maximum Gasteiger partial charge on any atom is 0.0436 e. The molecule has 0 bridgehead atoms. The number of rotatable bonds is 0. The van der Waals surface area contributed by atoms with Crippen molar-refractivity contribution in [1.29, 1.82) is 0 Å². The fourth-order valence-corrected chi connectivity index (χ4v) is 6.52. The summed E-state index contributed by atoms with van der Waals surface area (Å²) in [4.78, 5) is 0. The highest BCUT2D eigenvalue weighted by Gasteiger charge is 2.12. The van der Waals surface area contributed by atoms with Gasteiger partial charge in [0.2, 0.25) is 0 Å². The van der Waals surface area contributed by atoms with Crippen molar-refractivity contribution in [2.24, 2.45) is 0 Å². The first-order valence-electron chi connectivity index (χ1n) is 9.42. The Balaban J connectivity index is 1.68. The highest BCUT2D eigenvalue weighted by Crippen LogP contribution is 2.42. The van der Waals surface area contributed by atoms with Gasteiger partial charge in [-0.3, -0.25) is 0 Å². The molecule has 0 unspecified atom stereocenters. The average Bonchev–Trinajstić information content (AvgIpc) is 3.39. The Bertz CT molecular complexity index is 1590. The highest BCUT2D eigenvalue weighted by molar-refractivity contribution is 7.22. The van der Waals surface area contributed by atoms with Gasteiger partial charge in [-0.05, 0) is 97.0 Å². The third kappa shape index (κ3) is 1.94. The topological polar surface area (TPSA) is 0 Å². The summed E-state index contributed by atoms with van der Waals surface area (Å²) in [5.74, 6) is 0. The zero-order valence-corrected chi connectivity index (χ0v) is 16.5. The number of fused-ring (bicyclic) bond motifs is 9. The van der Waals surface area contributed by atoms with Crippen LogP contribution in [0.4, 0.5) is 0 Å². The van der Waals surface area contributed by atoms with Gasteiger partial charge in [0.25, 0.3) is 0 Å². The van der Waals surface area contributed by atoms with Crippen LogP contribution in [0.1, 0.15) is 0 Å². The second kappa shape index (κ2) is 5.32. The third-order valence-electron chi connectivity index (χ3n) is 5.91. The van der Waals surface area contributed by atoms with Crippen LogP contribution < -0.4 is 0 Å². The molecule has 0 saturated heterocycles. The minimum Gasteiger partial charge on any atom is -0.143 e. The minimum absolute atomic E-state index is 1.30. The molecule has 0 atom stereocenters. The van der Waals surface area contributed by atoms with E-state index in [1.54, 1.807) is 0 Å². The van der Waals surface area contributed by atoms with E-state index in [9.17, 15) is 0 Å². The number of benzene rings is 5. The van der Waals surface area contributed by atoms with Crippen molar-refractivity contribution in [3.05, 3.63) is 83.6 Å². The molecule has 28 heavy (non-hydrogen) atoms. The van der Waals surface area contributed by atoms with Crippen LogP contribution in [0.25, 0.3) is 63.3 Å². The molecule has 0 N–H and O–H groups in total. The molecular formula is C26H14S2. The smallest absolute Gasteiger partial charge is 0.0436 e. The first-order valence-corrected chi connectivity index (χ1v) is 11.2. The number of hydrogen-bond donors (Lipinski definition) is 0. The van der Waals surface area contributed by atoms with Gasteiger partial charge < -0.3 is 0 Å². The monoisotopic (exact) mass is 390 g/mol. The summed E-state index contributed by atoms with van der Waals surface area (Å²) in [5.41, 5.74) is 0. The Morgan fingerprint density at radius 1 is 0.393 bits per heavy atom. The van der Waals surface area contributed by atoms with E-state index in [-0.39, 0.29) is 0 Å². The van der Waals surface area contributed by atoms with Gasteiger partial charge in [0.05, 0.1) is 0 Å². The maximum absolute atomic E-state index is 2.40. The van der Waals surface area contributed by atoms with E-state index in [4.69, 9.17) is 0 Å². The summed E-state index contributed by atoms with van der Waals surface area (Å²) >= 11 is 3.71. The van der Waals surface area contributed by atoms with Gasteiger partial charge >= 0.3 is 0 Å². The molecule has 0 fully saturated rings. The van der Waals surface area contributed by atoms with Crippen molar-refractivity contribution in [2.75, 3.05) is 0 Å². The summed E-state index contributed by atoms with van der Waals surface area (Å²) in [7, 11) is 0. The second-order valence-electron chi connectivity index (χ2n) is 7.47. The van der Waals surface area contributed by atoms with E-state index < -0.39 is 0 Å². The lowest BCUT2D eigenvalue weighted by Gasteiger charge is -2.09. The lowest BCUT2D eigenvalue weighted by molar-refractivity contribution is 1.79. The molecule has 0 nitrogen and oxygen atoms in total. The van der Waals surface area contributed by atoms with E-state index in [1.807, 2.05) is 22.7 Å². The Kier molecular flexibility index (Phi) is 2.85. The van der Waals surface area contributed by atoms with Crippen molar-refractivity contribution in [3.8, 4) is 0 Å². The standard InChI is InChI=1S/C26H14S2/c1-2-4-16-10-18-12-20-14-24-23(13-19(20)11-17(18)9-15(16)3-1)21-5-7-27-25(21)22-6-8-28-26(22)24/h1-14H. The molecule has 2 heteroatoms. The SMILES string of the molecule is c1ccc2cc3cc4cc5c(cc4cc3cc2c1)c1ccsc1c1ccsc51. The van der Waals surface area contributed by atoms with Crippen LogP contribution in [0.15, 0.2) is 83.6 Å².